The van der Waals surface area contributed by atoms with Crippen molar-refractivity contribution in [2.45, 2.75) is 64.3 Å². The third-order valence-corrected chi connectivity index (χ3v) is 4.26. The summed E-state index contributed by atoms with van der Waals surface area (Å²) in [6, 6.07) is 8.21. The van der Waals surface area contributed by atoms with Crippen LogP contribution in [0.5, 0.6) is 0 Å². The van der Waals surface area contributed by atoms with Crippen LogP contribution in [0.3, 0.4) is 0 Å². The Morgan fingerprint density at radius 3 is 2.46 bits per heavy atom. The predicted octanol–water partition coefficient (Wildman–Crippen LogP) is 3.06. The molecule has 0 radical (unpaired) electrons. The Morgan fingerprint density at radius 2 is 1.75 bits per heavy atom. The number of aryl methyl sites for hydroxylation is 1. The zero-order chi connectivity index (χ0) is 17.2. The fourth-order valence-electron chi connectivity index (χ4n) is 2.84. The molecule has 2 N–H and O–H groups in total. The molecule has 24 heavy (non-hydrogen) atoms. The second-order valence-electron chi connectivity index (χ2n) is 6.46. The molecule has 0 aromatic heterocycles. The van der Waals surface area contributed by atoms with Gasteiger partial charge >= 0.3 is 0 Å². The number of carbonyl (C=O) groups excluding carboxylic acids is 2. The molecule has 0 spiro atoms. The van der Waals surface area contributed by atoms with E-state index in [4.69, 9.17) is 0 Å². The molecule has 0 saturated heterocycles. The molecule has 5 heteroatoms. The monoisotopic (exact) mass is 329 g/mol. The van der Waals surface area contributed by atoms with Crippen LogP contribution in [-0.2, 0) is 9.59 Å². The van der Waals surface area contributed by atoms with E-state index in [1.54, 1.807) is 6.21 Å². The molecule has 0 heterocycles. The normalized spacial score (nSPS) is 15.4. The van der Waals surface area contributed by atoms with Crippen molar-refractivity contribution >= 4 is 18.0 Å². The fraction of sp³-hybridized carbons (Fsp3) is 0.526. The number of benzene rings is 1. The number of amides is 2. The second kappa shape index (κ2) is 9.85. The molecular weight excluding hydrogens is 302 g/mol. The summed E-state index contributed by atoms with van der Waals surface area (Å²) < 4.78 is 0. The van der Waals surface area contributed by atoms with Crippen LogP contribution in [0.15, 0.2) is 29.4 Å². The van der Waals surface area contributed by atoms with Gasteiger partial charge in [0.25, 0.3) is 0 Å². The standard InChI is InChI=1S/C19H27N3O2/c1-15-10-12-16(13-11-15)14-20-22-19(24)9-5-8-18(23)21-17-6-3-2-4-7-17/h10-14,17H,2-9H2,1H3,(H,21,23)(H,22,24)/b20-14-. The summed E-state index contributed by atoms with van der Waals surface area (Å²) in [5.41, 5.74) is 4.62. The lowest BCUT2D eigenvalue weighted by atomic mass is 9.95. The highest BCUT2D eigenvalue weighted by Gasteiger charge is 2.15. The molecule has 0 aliphatic heterocycles. The van der Waals surface area contributed by atoms with Crippen molar-refractivity contribution in [3.63, 3.8) is 0 Å². The lowest BCUT2D eigenvalue weighted by Crippen LogP contribution is -2.36. The first kappa shape index (κ1) is 18.2. The molecule has 1 saturated carbocycles. The van der Waals surface area contributed by atoms with Crippen LogP contribution in [0.2, 0.25) is 0 Å². The Morgan fingerprint density at radius 1 is 1.08 bits per heavy atom. The largest absolute Gasteiger partial charge is 0.353 e. The van der Waals surface area contributed by atoms with Gasteiger partial charge in [0.15, 0.2) is 0 Å². The summed E-state index contributed by atoms with van der Waals surface area (Å²) in [7, 11) is 0. The molecule has 1 aromatic carbocycles. The van der Waals surface area contributed by atoms with Crippen LogP contribution in [0.1, 0.15) is 62.5 Å². The average molecular weight is 329 g/mol. The summed E-state index contributed by atoms with van der Waals surface area (Å²) in [5.74, 6) is -0.110. The van der Waals surface area contributed by atoms with Crippen LogP contribution in [0.25, 0.3) is 0 Å². The van der Waals surface area contributed by atoms with Crippen molar-refractivity contribution in [1.29, 1.82) is 0 Å². The summed E-state index contributed by atoms with van der Waals surface area (Å²) in [6.45, 7) is 2.02. The highest BCUT2D eigenvalue weighted by molar-refractivity contribution is 5.82. The minimum atomic E-state index is -0.163. The van der Waals surface area contributed by atoms with E-state index in [9.17, 15) is 9.59 Å². The Bertz CT molecular complexity index is 560. The maximum Gasteiger partial charge on any atom is 0.240 e. The van der Waals surface area contributed by atoms with Crippen molar-refractivity contribution in [3.8, 4) is 0 Å². The Labute approximate surface area is 143 Å². The minimum Gasteiger partial charge on any atom is -0.353 e. The third-order valence-electron chi connectivity index (χ3n) is 4.26. The number of carbonyl (C=O) groups is 2. The number of hydrogen-bond acceptors (Lipinski definition) is 3. The highest BCUT2D eigenvalue weighted by atomic mass is 16.2. The van der Waals surface area contributed by atoms with Gasteiger partial charge in [-0.15, -0.1) is 0 Å². The molecule has 0 atom stereocenters. The van der Waals surface area contributed by atoms with E-state index < -0.39 is 0 Å². The highest BCUT2D eigenvalue weighted by Crippen LogP contribution is 2.17. The topological polar surface area (TPSA) is 70.6 Å². The zero-order valence-electron chi connectivity index (χ0n) is 14.4. The number of hydrogen-bond donors (Lipinski definition) is 2. The first-order valence-corrected chi connectivity index (χ1v) is 8.81. The van der Waals surface area contributed by atoms with Gasteiger partial charge < -0.3 is 5.32 Å². The molecule has 0 unspecified atom stereocenters. The molecule has 5 nitrogen and oxygen atoms in total. The first-order chi connectivity index (χ1) is 11.6. The Kier molecular flexibility index (Phi) is 7.46. The molecule has 1 aromatic rings. The quantitative estimate of drug-likeness (QED) is 0.596. The van der Waals surface area contributed by atoms with Crippen LogP contribution < -0.4 is 10.7 Å². The zero-order valence-corrected chi connectivity index (χ0v) is 14.4. The predicted molar refractivity (Wildman–Crippen MR) is 95.8 cm³/mol. The van der Waals surface area contributed by atoms with Crippen LogP contribution in [0, 0.1) is 6.92 Å². The van der Waals surface area contributed by atoms with E-state index in [1.165, 1.54) is 24.8 Å². The van der Waals surface area contributed by atoms with E-state index in [0.717, 1.165) is 18.4 Å². The Balaban J connectivity index is 1.58. The van der Waals surface area contributed by atoms with E-state index in [0.29, 0.717) is 25.3 Å². The molecular formula is C19H27N3O2. The molecule has 2 amide bonds. The maximum atomic E-state index is 11.8. The Hall–Kier alpha value is -2.17. The van der Waals surface area contributed by atoms with E-state index in [1.807, 2.05) is 31.2 Å². The van der Waals surface area contributed by atoms with Gasteiger partial charge in [0, 0.05) is 18.9 Å². The first-order valence-electron chi connectivity index (χ1n) is 8.81. The molecule has 1 aliphatic rings. The van der Waals surface area contributed by atoms with Crippen molar-refractivity contribution in [2.75, 3.05) is 0 Å². The second-order valence-corrected chi connectivity index (χ2v) is 6.46. The number of hydrazone groups is 1. The third kappa shape index (κ3) is 6.94. The lowest BCUT2D eigenvalue weighted by Gasteiger charge is -2.22. The molecule has 2 rings (SSSR count). The van der Waals surface area contributed by atoms with Gasteiger partial charge in [0.2, 0.25) is 11.8 Å². The summed E-state index contributed by atoms with van der Waals surface area (Å²) >= 11 is 0. The van der Waals surface area contributed by atoms with E-state index in [-0.39, 0.29) is 11.8 Å². The van der Waals surface area contributed by atoms with Gasteiger partial charge in [-0.05, 0) is 31.7 Å². The minimum absolute atomic E-state index is 0.0536. The van der Waals surface area contributed by atoms with Gasteiger partial charge in [-0.1, -0.05) is 49.1 Å². The van der Waals surface area contributed by atoms with Gasteiger partial charge in [-0.3, -0.25) is 9.59 Å². The molecule has 1 aliphatic carbocycles. The van der Waals surface area contributed by atoms with E-state index >= 15 is 0 Å². The smallest absolute Gasteiger partial charge is 0.240 e. The summed E-state index contributed by atoms with van der Waals surface area (Å²) in [4.78, 5) is 23.5. The fourth-order valence-corrected chi connectivity index (χ4v) is 2.84. The molecule has 0 bridgehead atoms. The average Bonchev–Trinajstić information content (AvgIpc) is 2.57. The van der Waals surface area contributed by atoms with Crippen molar-refractivity contribution in [1.82, 2.24) is 10.7 Å². The van der Waals surface area contributed by atoms with E-state index in [2.05, 4.69) is 15.8 Å². The molecule has 130 valence electrons. The van der Waals surface area contributed by atoms with Crippen molar-refractivity contribution in [2.24, 2.45) is 5.10 Å². The van der Waals surface area contributed by atoms with Crippen LogP contribution in [0.4, 0.5) is 0 Å². The van der Waals surface area contributed by atoms with Crippen LogP contribution >= 0.6 is 0 Å². The van der Waals surface area contributed by atoms with Crippen molar-refractivity contribution < 1.29 is 9.59 Å². The number of nitrogens with one attached hydrogen (secondary N) is 2. The number of rotatable bonds is 7. The van der Waals surface area contributed by atoms with Gasteiger partial charge in [-0.2, -0.15) is 5.10 Å². The summed E-state index contributed by atoms with van der Waals surface area (Å²) in [5, 5.41) is 7.00. The van der Waals surface area contributed by atoms with Gasteiger partial charge in [0.05, 0.1) is 6.21 Å². The van der Waals surface area contributed by atoms with Gasteiger partial charge in [0.1, 0.15) is 0 Å². The van der Waals surface area contributed by atoms with Crippen LogP contribution in [-0.4, -0.2) is 24.1 Å². The summed E-state index contributed by atoms with van der Waals surface area (Å²) in [6.07, 6.45) is 8.71. The SMILES string of the molecule is Cc1ccc(/C=N\NC(=O)CCCC(=O)NC2CCCCC2)cc1. The lowest BCUT2D eigenvalue weighted by molar-refractivity contribution is -0.122. The molecule has 1 fully saturated rings. The van der Waals surface area contributed by atoms with Crippen molar-refractivity contribution in [3.05, 3.63) is 35.4 Å². The number of nitrogens with zero attached hydrogens (tertiary/aromatic N) is 1. The maximum absolute atomic E-state index is 11.8. The van der Waals surface area contributed by atoms with Gasteiger partial charge in [-0.25, -0.2) is 5.43 Å².